The van der Waals surface area contributed by atoms with Crippen LogP contribution >= 0.6 is 0 Å². The van der Waals surface area contributed by atoms with Gasteiger partial charge in [-0.1, -0.05) is 34.6 Å². The summed E-state index contributed by atoms with van der Waals surface area (Å²) in [5.74, 6) is 0.125. The molecule has 4 nitrogen and oxygen atoms in total. The van der Waals surface area contributed by atoms with Gasteiger partial charge in [0.05, 0.1) is 5.57 Å². The van der Waals surface area contributed by atoms with Crippen LogP contribution in [0.25, 0.3) is 0 Å². The number of hydrogen-bond donors (Lipinski definition) is 0. The molecule has 0 aromatic heterocycles. The van der Waals surface area contributed by atoms with Crippen molar-refractivity contribution in [3.05, 3.63) is 11.3 Å². The molecule has 1 aliphatic heterocycles. The van der Waals surface area contributed by atoms with Gasteiger partial charge in [0.1, 0.15) is 5.76 Å². The molecule has 0 aliphatic carbocycles. The molecule has 1 heterocycles. The molecular formula is C13H21NO3. The third-order valence-electron chi connectivity index (χ3n) is 2.75. The maximum Gasteiger partial charge on any atom is 0.267 e. The minimum absolute atomic E-state index is 0.0325. The molecule has 2 amide bonds. The fourth-order valence-electron chi connectivity index (χ4n) is 1.83. The van der Waals surface area contributed by atoms with Crippen LogP contribution in [-0.2, 0) is 14.3 Å². The largest absolute Gasteiger partial charge is 0.487 e. The van der Waals surface area contributed by atoms with Crippen molar-refractivity contribution in [3.8, 4) is 0 Å². The highest BCUT2D eigenvalue weighted by atomic mass is 16.5. The smallest absolute Gasteiger partial charge is 0.267 e. The Morgan fingerprint density at radius 2 is 1.76 bits per heavy atom. The third kappa shape index (κ3) is 2.68. The van der Waals surface area contributed by atoms with Crippen molar-refractivity contribution in [1.29, 1.82) is 0 Å². The summed E-state index contributed by atoms with van der Waals surface area (Å²) < 4.78 is 5.56. The van der Waals surface area contributed by atoms with Gasteiger partial charge in [0.25, 0.3) is 11.8 Å². The van der Waals surface area contributed by atoms with Gasteiger partial charge in [-0.05, 0) is 5.92 Å². The number of nitrogens with zero attached hydrogens (tertiary/aromatic N) is 1. The molecule has 0 saturated carbocycles. The number of amides is 2. The quantitative estimate of drug-likeness (QED) is 0.657. The Labute approximate surface area is 103 Å². The van der Waals surface area contributed by atoms with E-state index in [-0.39, 0.29) is 29.8 Å². The molecule has 4 heteroatoms. The zero-order valence-electron chi connectivity index (χ0n) is 11.5. The summed E-state index contributed by atoms with van der Waals surface area (Å²) in [4.78, 5) is 25.0. The topological polar surface area (TPSA) is 46.6 Å². The van der Waals surface area contributed by atoms with Crippen molar-refractivity contribution >= 4 is 11.8 Å². The lowest BCUT2D eigenvalue weighted by molar-refractivity contribution is -0.142. The molecule has 0 aromatic carbocycles. The summed E-state index contributed by atoms with van der Waals surface area (Å²) in [5.41, 5.74) is 0.326. The Morgan fingerprint density at radius 1 is 1.24 bits per heavy atom. The van der Waals surface area contributed by atoms with Crippen molar-refractivity contribution in [2.45, 2.75) is 34.6 Å². The van der Waals surface area contributed by atoms with E-state index < -0.39 is 0 Å². The molecule has 96 valence electrons. The molecule has 0 bridgehead atoms. The average Bonchev–Trinajstić information content (AvgIpc) is 2.28. The van der Waals surface area contributed by atoms with Gasteiger partial charge < -0.3 is 4.74 Å². The van der Waals surface area contributed by atoms with E-state index in [1.165, 1.54) is 7.05 Å². The lowest BCUT2D eigenvalue weighted by Gasteiger charge is -2.25. The van der Waals surface area contributed by atoms with Gasteiger partial charge in [0, 0.05) is 12.5 Å². The minimum Gasteiger partial charge on any atom is -0.487 e. The van der Waals surface area contributed by atoms with Crippen LogP contribution in [0.4, 0.5) is 0 Å². The monoisotopic (exact) mass is 239 g/mol. The van der Waals surface area contributed by atoms with Crippen LogP contribution in [0.1, 0.15) is 34.6 Å². The van der Waals surface area contributed by atoms with Crippen molar-refractivity contribution in [2.24, 2.45) is 11.3 Å². The second kappa shape index (κ2) is 4.51. The Bertz CT molecular complexity index is 375. The number of rotatable bonds is 1. The summed E-state index contributed by atoms with van der Waals surface area (Å²) in [6.07, 6.45) is 0. The summed E-state index contributed by atoms with van der Waals surface area (Å²) >= 11 is 0. The number of ether oxygens (including phenoxy) is 1. The van der Waals surface area contributed by atoms with Crippen LogP contribution in [0.5, 0.6) is 0 Å². The summed E-state index contributed by atoms with van der Waals surface area (Å²) in [6.45, 7) is 9.75. The molecular weight excluding hydrogens is 218 g/mol. The predicted octanol–water partition coefficient (Wildman–Crippen LogP) is 1.96. The predicted molar refractivity (Wildman–Crippen MR) is 65.0 cm³/mol. The van der Waals surface area contributed by atoms with E-state index in [9.17, 15) is 9.59 Å². The van der Waals surface area contributed by atoms with Gasteiger partial charge in [-0.3, -0.25) is 14.5 Å². The lowest BCUT2D eigenvalue weighted by atomic mass is 9.86. The van der Waals surface area contributed by atoms with Gasteiger partial charge in [-0.2, -0.15) is 0 Å². The fraction of sp³-hybridized carbons (Fsp3) is 0.692. The van der Waals surface area contributed by atoms with Crippen LogP contribution in [-0.4, -0.2) is 30.4 Å². The lowest BCUT2D eigenvalue weighted by Crippen LogP contribution is -2.35. The van der Waals surface area contributed by atoms with E-state index in [1.807, 2.05) is 34.6 Å². The number of imide groups is 1. The number of hydrogen-bond acceptors (Lipinski definition) is 3. The molecule has 17 heavy (non-hydrogen) atoms. The third-order valence-corrected chi connectivity index (χ3v) is 2.75. The van der Waals surface area contributed by atoms with E-state index >= 15 is 0 Å². The highest BCUT2D eigenvalue weighted by Gasteiger charge is 2.35. The van der Waals surface area contributed by atoms with Crippen LogP contribution in [0, 0.1) is 11.3 Å². The highest BCUT2D eigenvalue weighted by Crippen LogP contribution is 2.34. The van der Waals surface area contributed by atoms with Crippen LogP contribution in [0.15, 0.2) is 11.3 Å². The first-order valence-corrected chi connectivity index (χ1v) is 5.84. The van der Waals surface area contributed by atoms with Crippen molar-refractivity contribution < 1.29 is 14.3 Å². The summed E-state index contributed by atoms with van der Waals surface area (Å²) in [7, 11) is 1.50. The average molecular weight is 239 g/mol. The molecule has 0 saturated heterocycles. The number of allylic oxidation sites excluding steroid dienone is 1. The molecule has 0 fully saturated rings. The van der Waals surface area contributed by atoms with E-state index in [0.717, 1.165) is 4.90 Å². The van der Waals surface area contributed by atoms with Gasteiger partial charge in [0.2, 0.25) is 0 Å². The summed E-state index contributed by atoms with van der Waals surface area (Å²) in [5, 5.41) is 0. The molecule has 0 aromatic rings. The zero-order chi connectivity index (χ0) is 13.4. The normalized spacial score (nSPS) is 18.6. The molecule has 0 atom stereocenters. The van der Waals surface area contributed by atoms with Gasteiger partial charge in [-0.15, -0.1) is 0 Å². The minimum atomic E-state index is -0.299. The number of likely N-dealkylation sites (N-methyl/N-ethyl adjacent to an activating group) is 1. The highest BCUT2D eigenvalue weighted by molar-refractivity contribution is 6.05. The Hall–Kier alpha value is -1.32. The Balaban J connectivity index is 3.35. The van der Waals surface area contributed by atoms with Gasteiger partial charge in [0.15, 0.2) is 6.61 Å². The Kier molecular flexibility index (Phi) is 3.65. The second-order valence-electron chi connectivity index (χ2n) is 5.69. The molecule has 0 spiro atoms. The molecule has 1 rings (SSSR count). The number of carbonyl (C=O) groups excluding carboxylic acids is 2. The molecule has 1 aliphatic rings. The maximum absolute atomic E-state index is 12.2. The van der Waals surface area contributed by atoms with Crippen LogP contribution in [0.2, 0.25) is 0 Å². The number of carbonyl (C=O) groups is 2. The Morgan fingerprint density at radius 3 is 2.18 bits per heavy atom. The van der Waals surface area contributed by atoms with Crippen LogP contribution in [0.3, 0.4) is 0 Å². The van der Waals surface area contributed by atoms with E-state index in [1.54, 1.807) is 0 Å². The first-order valence-electron chi connectivity index (χ1n) is 5.84. The SMILES string of the molecule is CC(C)C1=C(C(C)(C)C)OCC(=O)N(C)C1=O. The molecule has 0 N–H and O–H groups in total. The van der Waals surface area contributed by atoms with E-state index in [2.05, 4.69) is 0 Å². The summed E-state index contributed by atoms with van der Waals surface area (Å²) in [6, 6.07) is 0. The van der Waals surface area contributed by atoms with Gasteiger partial charge >= 0.3 is 0 Å². The fourth-order valence-corrected chi connectivity index (χ4v) is 1.83. The standard InChI is InChI=1S/C13H21NO3/c1-8(2)10-11(13(3,4)5)17-7-9(15)14(6)12(10)16/h8H,7H2,1-6H3. The molecule has 0 unspecified atom stereocenters. The first kappa shape index (κ1) is 13.7. The van der Waals surface area contributed by atoms with E-state index in [0.29, 0.717) is 11.3 Å². The van der Waals surface area contributed by atoms with Gasteiger partial charge in [-0.25, -0.2) is 0 Å². The second-order valence-corrected chi connectivity index (χ2v) is 5.69. The molecule has 0 radical (unpaired) electrons. The van der Waals surface area contributed by atoms with E-state index in [4.69, 9.17) is 4.74 Å². The maximum atomic E-state index is 12.2. The van der Waals surface area contributed by atoms with Crippen molar-refractivity contribution in [3.63, 3.8) is 0 Å². The zero-order valence-corrected chi connectivity index (χ0v) is 11.5. The van der Waals surface area contributed by atoms with Crippen molar-refractivity contribution in [2.75, 3.05) is 13.7 Å². The van der Waals surface area contributed by atoms with Crippen molar-refractivity contribution in [1.82, 2.24) is 4.90 Å². The van der Waals surface area contributed by atoms with Crippen LogP contribution < -0.4 is 0 Å². The first-order chi connectivity index (χ1) is 7.66.